The number of rotatable bonds is 3. The van der Waals surface area contributed by atoms with E-state index in [0.717, 1.165) is 23.6 Å². The van der Waals surface area contributed by atoms with E-state index < -0.39 is 5.60 Å². The van der Waals surface area contributed by atoms with Gasteiger partial charge in [0.15, 0.2) is 0 Å². The fourth-order valence-electron chi connectivity index (χ4n) is 2.87. The molecule has 104 valence electrons. The second kappa shape index (κ2) is 4.87. The number of aromatic nitrogens is 1. The summed E-state index contributed by atoms with van der Waals surface area (Å²) < 4.78 is 0. The van der Waals surface area contributed by atoms with Crippen LogP contribution >= 0.6 is 0 Å². The third kappa shape index (κ3) is 2.16. The largest absolute Gasteiger partial charge is 0.386 e. The molecule has 1 aromatic carbocycles. The summed E-state index contributed by atoms with van der Waals surface area (Å²) in [4.78, 5) is 18.4. The van der Waals surface area contributed by atoms with E-state index in [-0.39, 0.29) is 5.91 Å². The van der Waals surface area contributed by atoms with E-state index in [9.17, 15) is 9.90 Å². The molecule has 0 spiro atoms. The molecule has 2 heterocycles. The Morgan fingerprint density at radius 1 is 1.35 bits per heavy atom. The Morgan fingerprint density at radius 2 is 2.10 bits per heavy atom. The first-order chi connectivity index (χ1) is 9.63. The number of aliphatic hydroxyl groups is 1. The molecule has 1 aliphatic heterocycles. The lowest BCUT2D eigenvalue weighted by atomic mass is 9.89. The number of likely N-dealkylation sites (tertiary alicyclic amines) is 1. The minimum absolute atomic E-state index is 0.0948. The first-order valence-corrected chi connectivity index (χ1v) is 6.98. The van der Waals surface area contributed by atoms with Gasteiger partial charge in [0.1, 0.15) is 5.69 Å². The molecule has 1 aliphatic rings. The summed E-state index contributed by atoms with van der Waals surface area (Å²) >= 11 is 0. The Morgan fingerprint density at radius 3 is 2.85 bits per heavy atom. The van der Waals surface area contributed by atoms with Crippen molar-refractivity contribution >= 4 is 16.7 Å². The van der Waals surface area contributed by atoms with Gasteiger partial charge in [-0.3, -0.25) is 9.78 Å². The van der Waals surface area contributed by atoms with E-state index in [1.165, 1.54) is 0 Å². The van der Waals surface area contributed by atoms with Crippen molar-refractivity contribution in [2.24, 2.45) is 0 Å². The highest BCUT2D eigenvalue weighted by Gasteiger charge is 2.43. The molecular formula is C16H18N2O2. The van der Waals surface area contributed by atoms with Gasteiger partial charge in [0.2, 0.25) is 0 Å². The van der Waals surface area contributed by atoms with Crippen LogP contribution in [0.25, 0.3) is 10.8 Å². The zero-order valence-electron chi connectivity index (χ0n) is 11.5. The quantitative estimate of drug-likeness (QED) is 0.930. The molecule has 4 heteroatoms. The molecule has 0 atom stereocenters. The second-order valence-electron chi connectivity index (χ2n) is 5.52. The molecule has 3 rings (SSSR count). The molecule has 1 N–H and O–H groups in total. The minimum atomic E-state index is -0.699. The summed E-state index contributed by atoms with van der Waals surface area (Å²) in [6.07, 6.45) is 3.32. The second-order valence-corrected chi connectivity index (χ2v) is 5.52. The maximum atomic E-state index is 12.5. The van der Waals surface area contributed by atoms with Crippen molar-refractivity contribution in [3.63, 3.8) is 0 Å². The predicted molar refractivity (Wildman–Crippen MR) is 77.5 cm³/mol. The fourth-order valence-corrected chi connectivity index (χ4v) is 2.87. The van der Waals surface area contributed by atoms with E-state index in [1.807, 2.05) is 37.3 Å². The molecule has 20 heavy (non-hydrogen) atoms. The van der Waals surface area contributed by atoms with Crippen LogP contribution in [0.1, 0.15) is 30.3 Å². The van der Waals surface area contributed by atoms with Crippen molar-refractivity contribution < 1.29 is 9.90 Å². The van der Waals surface area contributed by atoms with Crippen LogP contribution in [0.2, 0.25) is 0 Å². The number of pyridine rings is 1. The molecule has 0 aliphatic carbocycles. The van der Waals surface area contributed by atoms with Crippen molar-refractivity contribution in [3.8, 4) is 0 Å². The number of amides is 1. The molecule has 1 fully saturated rings. The van der Waals surface area contributed by atoms with Gasteiger partial charge in [-0.2, -0.15) is 0 Å². The third-order valence-electron chi connectivity index (χ3n) is 3.85. The Kier molecular flexibility index (Phi) is 3.18. The zero-order chi connectivity index (χ0) is 14.2. The molecular weight excluding hydrogens is 252 g/mol. The number of carbonyl (C=O) groups excluding carboxylic acids is 1. The summed E-state index contributed by atoms with van der Waals surface area (Å²) in [5.74, 6) is -0.0948. The number of nitrogens with zero attached hydrogens (tertiary/aromatic N) is 2. The predicted octanol–water partition coefficient (Wildman–Crippen LogP) is 2.22. The average Bonchev–Trinajstić information content (AvgIpc) is 2.43. The SMILES string of the molecule is CCCC1(O)CN(C(=O)c2nccc3ccccc23)C1. The van der Waals surface area contributed by atoms with Gasteiger partial charge >= 0.3 is 0 Å². The van der Waals surface area contributed by atoms with E-state index in [2.05, 4.69) is 4.98 Å². The van der Waals surface area contributed by atoms with Gasteiger partial charge in [0, 0.05) is 11.6 Å². The molecule has 0 saturated carbocycles. The molecule has 2 aromatic rings. The fraction of sp³-hybridized carbons (Fsp3) is 0.375. The molecule has 1 saturated heterocycles. The first-order valence-electron chi connectivity index (χ1n) is 6.98. The Labute approximate surface area is 118 Å². The summed E-state index contributed by atoms with van der Waals surface area (Å²) in [7, 11) is 0. The van der Waals surface area contributed by atoms with Crippen LogP contribution in [0.5, 0.6) is 0 Å². The normalized spacial score (nSPS) is 17.0. The van der Waals surface area contributed by atoms with E-state index in [1.54, 1.807) is 11.1 Å². The monoisotopic (exact) mass is 270 g/mol. The van der Waals surface area contributed by atoms with E-state index in [4.69, 9.17) is 0 Å². The smallest absolute Gasteiger partial charge is 0.273 e. The Balaban J connectivity index is 1.84. The number of hydrogen-bond acceptors (Lipinski definition) is 3. The summed E-state index contributed by atoms with van der Waals surface area (Å²) in [6.45, 7) is 2.85. The Hall–Kier alpha value is -1.94. The molecule has 1 aromatic heterocycles. The molecule has 0 radical (unpaired) electrons. The van der Waals surface area contributed by atoms with Crippen LogP contribution in [0.15, 0.2) is 36.5 Å². The summed E-state index contributed by atoms with van der Waals surface area (Å²) in [5, 5.41) is 12.1. The summed E-state index contributed by atoms with van der Waals surface area (Å²) in [5.41, 5.74) is -0.226. The standard InChI is InChI=1S/C16H18N2O2/c1-2-8-16(20)10-18(11-16)15(19)14-13-6-4-3-5-12(13)7-9-17-14/h3-7,9,20H,2,8,10-11H2,1H3. The lowest BCUT2D eigenvalue weighted by Gasteiger charge is -2.46. The van der Waals surface area contributed by atoms with Crippen LogP contribution in [0, 0.1) is 0 Å². The highest BCUT2D eigenvalue weighted by molar-refractivity contribution is 6.05. The van der Waals surface area contributed by atoms with Crippen LogP contribution in [0.4, 0.5) is 0 Å². The zero-order valence-corrected chi connectivity index (χ0v) is 11.5. The van der Waals surface area contributed by atoms with Crippen molar-refractivity contribution in [1.29, 1.82) is 0 Å². The number of β-amino-alcohol motifs (C(OH)–C–C–N with tert-alkyl or cyclic N) is 1. The molecule has 0 unspecified atom stereocenters. The van der Waals surface area contributed by atoms with Gasteiger partial charge in [-0.05, 0) is 17.9 Å². The number of carbonyl (C=O) groups is 1. The lowest BCUT2D eigenvalue weighted by molar-refractivity contribution is -0.0861. The van der Waals surface area contributed by atoms with Gasteiger partial charge < -0.3 is 10.0 Å². The number of hydrogen-bond donors (Lipinski definition) is 1. The van der Waals surface area contributed by atoms with Gasteiger partial charge in [0.25, 0.3) is 5.91 Å². The van der Waals surface area contributed by atoms with Crippen LogP contribution < -0.4 is 0 Å². The van der Waals surface area contributed by atoms with Crippen LogP contribution in [-0.2, 0) is 0 Å². The van der Waals surface area contributed by atoms with Crippen molar-refractivity contribution in [2.75, 3.05) is 13.1 Å². The first kappa shape index (κ1) is 13.1. The summed E-state index contributed by atoms with van der Waals surface area (Å²) in [6, 6.07) is 9.63. The highest BCUT2D eigenvalue weighted by atomic mass is 16.3. The average molecular weight is 270 g/mol. The molecule has 4 nitrogen and oxygen atoms in total. The van der Waals surface area contributed by atoms with Gasteiger partial charge in [-0.1, -0.05) is 37.6 Å². The van der Waals surface area contributed by atoms with Crippen molar-refractivity contribution in [1.82, 2.24) is 9.88 Å². The molecule has 1 amide bonds. The number of benzene rings is 1. The lowest BCUT2D eigenvalue weighted by Crippen LogP contribution is -2.63. The maximum absolute atomic E-state index is 12.5. The highest BCUT2D eigenvalue weighted by Crippen LogP contribution is 2.28. The van der Waals surface area contributed by atoms with E-state index >= 15 is 0 Å². The Bertz CT molecular complexity index is 642. The van der Waals surface area contributed by atoms with Crippen molar-refractivity contribution in [2.45, 2.75) is 25.4 Å². The minimum Gasteiger partial charge on any atom is -0.386 e. The maximum Gasteiger partial charge on any atom is 0.273 e. The van der Waals surface area contributed by atoms with Crippen LogP contribution in [0.3, 0.4) is 0 Å². The van der Waals surface area contributed by atoms with Gasteiger partial charge in [0.05, 0.1) is 18.7 Å². The number of fused-ring (bicyclic) bond motifs is 1. The van der Waals surface area contributed by atoms with Crippen LogP contribution in [-0.4, -0.2) is 39.6 Å². The van der Waals surface area contributed by atoms with Crippen molar-refractivity contribution in [3.05, 3.63) is 42.2 Å². The van der Waals surface area contributed by atoms with Gasteiger partial charge in [-0.15, -0.1) is 0 Å². The van der Waals surface area contributed by atoms with E-state index in [0.29, 0.717) is 18.8 Å². The topological polar surface area (TPSA) is 53.4 Å². The van der Waals surface area contributed by atoms with Gasteiger partial charge in [-0.25, -0.2) is 0 Å². The molecule has 0 bridgehead atoms. The third-order valence-corrected chi connectivity index (χ3v) is 3.85.